The maximum atomic E-state index is 2.60. The van der Waals surface area contributed by atoms with Gasteiger partial charge in [0.1, 0.15) is 5.41 Å². The molecule has 0 rings (SSSR count). The lowest BCUT2D eigenvalue weighted by Gasteiger charge is -2.60. The largest absolute Gasteiger partial charge is 0.116 e. The van der Waals surface area contributed by atoms with Gasteiger partial charge in [0.25, 0.3) is 0 Å². The molecule has 0 aromatic carbocycles. The van der Waals surface area contributed by atoms with E-state index in [1.165, 1.54) is 25.7 Å². The van der Waals surface area contributed by atoms with Crippen LogP contribution in [0.5, 0.6) is 0 Å². The van der Waals surface area contributed by atoms with Crippen molar-refractivity contribution in [3.8, 4) is 0 Å². The molecule has 0 nitrogen and oxygen atoms in total. The Labute approximate surface area is 174 Å². The second-order valence-corrected chi connectivity index (χ2v) is 13.3. The lowest BCUT2D eigenvalue weighted by Crippen LogP contribution is -2.57. The van der Waals surface area contributed by atoms with Gasteiger partial charge in [0.2, 0.25) is 0 Å². The van der Waals surface area contributed by atoms with E-state index in [0.717, 1.165) is 0 Å². The molecule has 0 heteroatoms. The van der Waals surface area contributed by atoms with Crippen LogP contribution in [0.25, 0.3) is 0 Å². The molecule has 0 N–H and O–H groups in total. The van der Waals surface area contributed by atoms with Crippen molar-refractivity contribution in [1.29, 1.82) is 0 Å². The normalized spacial score (nSPS) is 20.0. The number of hydrogen-bond acceptors (Lipinski definition) is 0. The highest BCUT2D eigenvalue weighted by atomic mass is 14.6. The summed E-state index contributed by atoms with van der Waals surface area (Å²) < 4.78 is 0. The van der Waals surface area contributed by atoms with Crippen molar-refractivity contribution in [2.75, 3.05) is 0 Å². The third kappa shape index (κ3) is 5.27. The van der Waals surface area contributed by atoms with E-state index in [0.29, 0.717) is 16.7 Å². The van der Waals surface area contributed by atoms with Crippen molar-refractivity contribution < 1.29 is 0 Å². The van der Waals surface area contributed by atoms with Crippen LogP contribution in [0.4, 0.5) is 0 Å². The van der Waals surface area contributed by atoms with E-state index in [2.05, 4.69) is 110 Å². The summed E-state index contributed by atoms with van der Waals surface area (Å²) in [5, 5.41) is 0. The van der Waals surface area contributed by atoms with E-state index in [1.54, 1.807) is 0 Å². The summed E-state index contributed by atoms with van der Waals surface area (Å²) in [6, 6.07) is 0. The summed E-state index contributed by atoms with van der Waals surface area (Å²) >= 11 is 0. The summed E-state index contributed by atoms with van der Waals surface area (Å²) in [5.74, 6) is 0.663. The Morgan fingerprint density at radius 1 is 0.741 bits per heavy atom. The van der Waals surface area contributed by atoms with Gasteiger partial charge >= 0.3 is 0 Å². The number of rotatable bonds is 9. The van der Waals surface area contributed by atoms with Gasteiger partial charge in [-0.25, -0.2) is 0 Å². The van der Waals surface area contributed by atoms with Gasteiger partial charge in [0.05, 0.1) is 13.3 Å². The van der Waals surface area contributed by atoms with Crippen LogP contribution in [-0.2, 0) is 0 Å². The van der Waals surface area contributed by atoms with Crippen LogP contribution < -0.4 is 0 Å². The molecule has 27 heavy (non-hydrogen) atoms. The van der Waals surface area contributed by atoms with Crippen molar-refractivity contribution in [2.45, 2.75) is 130 Å². The van der Waals surface area contributed by atoms with Crippen LogP contribution in [0.2, 0.25) is 0 Å². The van der Waals surface area contributed by atoms with Gasteiger partial charge in [0, 0.05) is 11.3 Å². The third-order valence-corrected chi connectivity index (χ3v) is 8.84. The van der Waals surface area contributed by atoms with Crippen LogP contribution in [0.1, 0.15) is 130 Å². The molecule has 0 aliphatic heterocycles. The van der Waals surface area contributed by atoms with Gasteiger partial charge in [-0.2, -0.15) is 0 Å². The van der Waals surface area contributed by atoms with Crippen molar-refractivity contribution in [2.24, 2.45) is 38.4 Å². The van der Waals surface area contributed by atoms with Crippen LogP contribution >= 0.6 is 0 Å². The van der Waals surface area contributed by atoms with E-state index in [1.807, 2.05) is 0 Å². The van der Waals surface area contributed by atoms with Gasteiger partial charge in [-0.05, 0) is 47.3 Å². The second kappa shape index (κ2) is 8.31. The molecule has 0 amide bonds. The molecular weight excluding hydrogens is 324 g/mol. The summed E-state index contributed by atoms with van der Waals surface area (Å²) in [6.45, 7) is 36.8. The Morgan fingerprint density at radius 3 is 1.44 bits per heavy atom. The Morgan fingerprint density at radius 2 is 1.19 bits per heavy atom. The topological polar surface area (TPSA) is 0 Å². The lowest BCUT2D eigenvalue weighted by atomic mass is 9.41. The fourth-order valence-electron chi connectivity index (χ4n) is 6.79. The maximum absolute atomic E-state index is 2.60. The van der Waals surface area contributed by atoms with Crippen molar-refractivity contribution in [3.63, 3.8) is 0 Å². The lowest BCUT2D eigenvalue weighted by molar-refractivity contribution is -0.133. The number of hydrogen-bond donors (Lipinski definition) is 0. The molecule has 0 saturated heterocycles. The van der Waals surface area contributed by atoms with Crippen LogP contribution in [-0.4, -0.2) is 0 Å². The van der Waals surface area contributed by atoms with Gasteiger partial charge in [-0.3, -0.25) is 0 Å². The second-order valence-electron chi connectivity index (χ2n) is 13.3. The minimum Gasteiger partial charge on any atom is -0.0647 e. The summed E-state index contributed by atoms with van der Waals surface area (Å²) in [6.07, 6.45) is 7.61. The summed E-state index contributed by atoms with van der Waals surface area (Å²) in [5.41, 5.74) is 1.74. The van der Waals surface area contributed by atoms with Crippen LogP contribution in [0.3, 0.4) is 0 Å². The van der Waals surface area contributed by atoms with Crippen molar-refractivity contribution in [1.82, 2.24) is 0 Å². The average Bonchev–Trinajstić information content (AvgIpc) is 2.43. The fourth-order valence-corrected chi connectivity index (χ4v) is 6.79. The van der Waals surface area contributed by atoms with Gasteiger partial charge in [-0.1, -0.05) is 96.9 Å². The zero-order valence-corrected chi connectivity index (χ0v) is 22.0. The Hall–Kier alpha value is -0.130. The molecule has 0 aromatic rings. The van der Waals surface area contributed by atoms with Crippen LogP contribution in [0.15, 0.2) is 0 Å². The predicted molar refractivity (Wildman–Crippen MR) is 126 cm³/mol. The molecule has 0 fully saturated rings. The van der Waals surface area contributed by atoms with E-state index >= 15 is 0 Å². The Balaban J connectivity index is 6.22. The first kappa shape index (κ1) is 26.9. The Kier molecular flexibility index (Phi) is 8.27. The molecule has 3 atom stereocenters. The molecule has 0 radical (unpaired) electrons. The Bertz CT molecular complexity index is 447. The highest BCUT2D eigenvalue weighted by molar-refractivity contribution is 5.12. The minimum atomic E-state index is 0.236. The molecule has 162 valence electrons. The summed E-state index contributed by atoms with van der Waals surface area (Å²) in [4.78, 5) is 0. The first-order valence-corrected chi connectivity index (χ1v) is 11.6. The monoisotopic (exact) mass is 379 g/mol. The van der Waals surface area contributed by atoms with Crippen molar-refractivity contribution >= 4 is 0 Å². The minimum absolute atomic E-state index is 0.236. The first-order chi connectivity index (χ1) is 11.8. The first-order valence-electron chi connectivity index (χ1n) is 11.6. The van der Waals surface area contributed by atoms with E-state index in [4.69, 9.17) is 0 Å². The molecule has 0 bridgehead atoms. The standard InChI is InChI=1S/C27H55/c1-16-26(15,25(13,14)23(8,9)10)27(17-2,18-3)21(4)19-24(11,12)20-22(5,6)7/h17,21H,16,18-20H2,1-15H3/q+1. The fraction of sp³-hybridized carbons (Fsp3) is 0.963. The summed E-state index contributed by atoms with van der Waals surface area (Å²) in [7, 11) is 0. The molecule has 3 unspecified atom stereocenters. The van der Waals surface area contributed by atoms with Gasteiger partial charge in [0.15, 0.2) is 0 Å². The quantitative estimate of drug-likeness (QED) is 0.350. The van der Waals surface area contributed by atoms with Crippen LogP contribution in [0, 0.1) is 44.8 Å². The third-order valence-electron chi connectivity index (χ3n) is 8.84. The predicted octanol–water partition coefficient (Wildman–Crippen LogP) is 9.58. The molecule has 0 saturated carbocycles. The molecule has 0 aliphatic rings. The zero-order valence-electron chi connectivity index (χ0n) is 22.0. The zero-order chi connectivity index (χ0) is 22.1. The van der Waals surface area contributed by atoms with E-state index < -0.39 is 0 Å². The van der Waals surface area contributed by atoms with E-state index in [9.17, 15) is 0 Å². The highest BCUT2D eigenvalue weighted by Crippen LogP contribution is 2.66. The molecule has 0 aliphatic carbocycles. The molecule has 0 heterocycles. The molecule has 0 spiro atoms. The highest BCUT2D eigenvalue weighted by Gasteiger charge is 2.63. The maximum Gasteiger partial charge on any atom is 0.116 e. The van der Waals surface area contributed by atoms with Crippen molar-refractivity contribution in [3.05, 3.63) is 6.42 Å². The SMILES string of the molecule is C[CH+]C(CC)(C(C)CC(C)(C)CC(C)(C)C)C(C)(CC)C(C)(C)C(C)(C)C. The molecular formula is C27H55+. The van der Waals surface area contributed by atoms with Gasteiger partial charge in [-0.15, -0.1) is 0 Å². The van der Waals surface area contributed by atoms with E-state index in [-0.39, 0.29) is 21.7 Å². The van der Waals surface area contributed by atoms with Gasteiger partial charge < -0.3 is 0 Å². The average molecular weight is 380 g/mol. The molecule has 0 aromatic heterocycles. The smallest absolute Gasteiger partial charge is 0.0647 e.